The van der Waals surface area contributed by atoms with Gasteiger partial charge in [0.15, 0.2) is 0 Å². The molecule has 0 bridgehead atoms. The van der Waals surface area contributed by atoms with E-state index in [1.54, 1.807) is 0 Å². The summed E-state index contributed by atoms with van der Waals surface area (Å²) < 4.78 is 0. The van der Waals surface area contributed by atoms with Gasteiger partial charge < -0.3 is 10.8 Å². The average molecular weight is 239 g/mol. The van der Waals surface area contributed by atoms with Gasteiger partial charge >= 0.3 is 0 Å². The maximum absolute atomic E-state index is 11.1. The highest BCUT2D eigenvalue weighted by Crippen LogP contribution is 2.57. The molecule has 2 heteroatoms. The van der Waals surface area contributed by atoms with Crippen molar-refractivity contribution in [3.8, 4) is 0 Å². The molecule has 0 aromatic rings. The number of hydrogen-bond acceptors (Lipinski definition) is 2. The second kappa shape index (κ2) is 4.24. The highest BCUT2D eigenvalue weighted by Gasteiger charge is 2.55. The molecule has 100 valence electrons. The fourth-order valence-corrected chi connectivity index (χ4v) is 4.42. The Kier molecular flexibility index (Phi) is 3.33. The van der Waals surface area contributed by atoms with Crippen LogP contribution in [0.15, 0.2) is 0 Å². The Morgan fingerprint density at radius 1 is 1.24 bits per heavy atom. The summed E-state index contributed by atoms with van der Waals surface area (Å²) in [6.07, 6.45) is 7.81. The lowest BCUT2D eigenvalue weighted by Gasteiger charge is -2.50. The van der Waals surface area contributed by atoms with E-state index in [2.05, 4.69) is 20.8 Å². The van der Waals surface area contributed by atoms with Gasteiger partial charge in [-0.15, -0.1) is 0 Å². The molecule has 2 nitrogen and oxygen atoms in total. The average Bonchev–Trinajstić information content (AvgIpc) is 2.54. The van der Waals surface area contributed by atoms with Crippen LogP contribution in [0.4, 0.5) is 0 Å². The Hall–Kier alpha value is -0.0800. The summed E-state index contributed by atoms with van der Waals surface area (Å²) >= 11 is 0. The van der Waals surface area contributed by atoms with Crippen LogP contribution in [0.3, 0.4) is 0 Å². The molecule has 0 heterocycles. The van der Waals surface area contributed by atoms with Gasteiger partial charge in [-0.1, -0.05) is 33.6 Å². The van der Waals surface area contributed by atoms with E-state index in [1.165, 1.54) is 12.8 Å². The molecule has 3 N–H and O–H groups in total. The molecule has 0 radical (unpaired) electrons. The molecule has 2 aliphatic rings. The molecule has 2 saturated carbocycles. The van der Waals surface area contributed by atoms with E-state index in [4.69, 9.17) is 5.73 Å². The zero-order valence-corrected chi connectivity index (χ0v) is 11.8. The van der Waals surface area contributed by atoms with Crippen molar-refractivity contribution in [1.82, 2.24) is 0 Å². The molecule has 0 spiro atoms. The van der Waals surface area contributed by atoms with Crippen LogP contribution in [0, 0.1) is 16.7 Å². The monoisotopic (exact) mass is 239 g/mol. The minimum absolute atomic E-state index is 0.00155. The van der Waals surface area contributed by atoms with Gasteiger partial charge in [0, 0.05) is 12.0 Å². The van der Waals surface area contributed by atoms with Crippen LogP contribution in [-0.2, 0) is 0 Å². The van der Waals surface area contributed by atoms with Crippen LogP contribution in [-0.4, -0.2) is 17.3 Å². The predicted octanol–water partition coefficient (Wildman–Crippen LogP) is 3.08. The third kappa shape index (κ3) is 2.26. The van der Waals surface area contributed by atoms with E-state index in [0.29, 0.717) is 6.54 Å². The van der Waals surface area contributed by atoms with Crippen molar-refractivity contribution in [3.05, 3.63) is 0 Å². The quantitative estimate of drug-likeness (QED) is 0.778. The lowest BCUT2D eigenvalue weighted by atomic mass is 9.59. The zero-order chi connectivity index (χ0) is 12.7. The van der Waals surface area contributed by atoms with Gasteiger partial charge in [-0.3, -0.25) is 0 Å². The summed E-state index contributed by atoms with van der Waals surface area (Å²) in [7, 11) is 0. The first-order valence-electron chi connectivity index (χ1n) is 7.25. The maximum Gasteiger partial charge on any atom is 0.0721 e. The summed E-state index contributed by atoms with van der Waals surface area (Å²) in [6, 6.07) is 0. The molecule has 2 rings (SSSR count). The minimum atomic E-state index is -0.500. The molecule has 0 aromatic carbocycles. The molecule has 3 unspecified atom stereocenters. The number of rotatable bonds is 2. The number of nitrogens with two attached hydrogens (primary N) is 1. The van der Waals surface area contributed by atoms with Crippen molar-refractivity contribution >= 4 is 0 Å². The summed E-state index contributed by atoms with van der Waals surface area (Å²) in [5.41, 5.74) is 5.88. The third-order valence-corrected chi connectivity index (χ3v) is 5.46. The summed E-state index contributed by atoms with van der Waals surface area (Å²) in [5.74, 6) is 0.722. The molecule has 3 atom stereocenters. The fourth-order valence-electron chi connectivity index (χ4n) is 4.42. The first-order chi connectivity index (χ1) is 7.83. The first kappa shape index (κ1) is 13.4. The predicted molar refractivity (Wildman–Crippen MR) is 71.7 cm³/mol. The Balaban J connectivity index is 2.23. The van der Waals surface area contributed by atoms with Crippen LogP contribution < -0.4 is 5.73 Å². The largest absolute Gasteiger partial charge is 0.389 e. The van der Waals surface area contributed by atoms with Gasteiger partial charge in [0.1, 0.15) is 0 Å². The smallest absolute Gasteiger partial charge is 0.0721 e. The van der Waals surface area contributed by atoms with E-state index in [0.717, 1.165) is 38.0 Å². The molecule has 0 aliphatic heterocycles. The van der Waals surface area contributed by atoms with Gasteiger partial charge in [-0.2, -0.15) is 0 Å². The first-order valence-corrected chi connectivity index (χ1v) is 7.25. The van der Waals surface area contributed by atoms with Crippen molar-refractivity contribution in [2.24, 2.45) is 22.5 Å². The molecule has 2 aliphatic carbocycles. The summed E-state index contributed by atoms with van der Waals surface area (Å²) in [5, 5.41) is 11.1. The standard InChI is InChI=1S/C15H29NO/c1-12-5-4-6-14(9-12,11-16)15(17)8-7-13(2,3)10-15/h12,17H,4-11,16H2,1-3H3. The molecular formula is C15H29NO. The van der Waals surface area contributed by atoms with Crippen LogP contribution in [0.2, 0.25) is 0 Å². The molecular weight excluding hydrogens is 210 g/mol. The van der Waals surface area contributed by atoms with Gasteiger partial charge in [0.05, 0.1) is 5.60 Å². The van der Waals surface area contributed by atoms with Crippen molar-refractivity contribution in [1.29, 1.82) is 0 Å². The number of hydrogen-bond donors (Lipinski definition) is 2. The van der Waals surface area contributed by atoms with Crippen LogP contribution in [0.5, 0.6) is 0 Å². The zero-order valence-electron chi connectivity index (χ0n) is 11.8. The van der Waals surface area contributed by atoms with E-state index in [1.807, 2.05) is 0 Å². The van der Waals surface area contributed by atoms with Gasteiger partial charge in [-0.05, 0) is 43.4 Å². The van der Waals surface area contributed by atoms with Gasteiger partial charge in [-0.25, -0.2) is 0 Å². The van der Waals surface area contributed by atoms with E-state index in [-0.39, 0.29) is 10.8 Å². The van der Waals surface area contributed by atoms with E-state index < -0.39 is 5.60 Å². The molecule has 0 saturated heterocycles. The highest BCUT2D eigenvalue weighted by atomic mass is 16.3. The second-order valence-electron chi connectivity index (χ2n) is 7.56. The van der Waals surface area contributed by atoms with Crippen LogP contribution >= 0.6 is 0 Å². The third-order valence-electron chi connectivity index (χ3n) is 5.46. The Labute approximate surface area is 106 Å². The minimum Gasteiger partial charge on any atom is -0.389 e. The SMILES string of the molecule is CC1CCCC(CN)(C2(O)CCC(C)(C)C2)C1. The number of aliphatic hydroxyl groups is 1. The summed E-state index contributed by atoms with van der Waals surface area (Å²) in [6.45, 7) is 7.53. The second-order valence-corrected chi connectivity index (χ2v) is 7.56. The van der Waals surface area contributed by atoms with Gasteiger partial charge in [0.25, 0.3) is 0 Å². The van der Waals surface area contributed by atoms with Crippen LogP contribution in [0.1, 0.15) is 65.7 Å². The Morgan fingerprint density at radius 2 is 1.94 bits per heavy atom. The van der Waals surface area contributed by atoms with Crippen molar-refractivity contribution in [2.75, 3.05) is 6.54 Å². The Bertz CT molecular complexity index is 289. The fraction of sp³-hybridized carbons (Fsp3) is 1.00. The lowest BCUT2D eigenvalue weighted by molar-refractivity contribution is -0.108. The summed E-state index contributed by atoms with van der Waals surface area (Å²) in [4.78, 5) is 0. The highest BCUT2D eigenvalue weighted by molar-refractivity contribution is 5.07. The topological polar surface area (TPSA) is 46.2 Å². The van der Waals surface area contributed by atoms with Crippen molar-refractivity contribution in [3.63, 3.8) is 0 Å². The van der Waals surface area contributed by atoms with E-state index in [9.17, 15) is 5.11 Å². The lowest BCUT2D eigenvalue weighted by Crippen LogP contribution is -2.53. The molecule has 0 aromatic heterocycles. The maximum atomic E-state index is 11.1. The van der Waals surface area contributed by atoms with Crippen molar-refractivity contribution < 1.29 is 5.11 Å². The Morgan fingerprint density at radius 3 is 2.41 bits per heavy atom. The normalized spacial score (nSPS) is 46.1. The molecule has 17 heavy (non-hydrogen) atoms. The van der Waals surface area contributed by atoms with E-state index >= 15 is 0 Å². The molecule has 0 amide bonds. The van der Waals surface area contributed by atoms with Gasteiger partial charge in [0.2, 0.25) is 0 Å². The van der Waals surface area contributed by atoms with Crippen molar-refractivity contribution in [2.45, 2.75) is 71.3 Å². The van der Waals surface area contributed by atoms with Crippen LogP contribution in [0.25, 0.3) is 0 Å². The molecule has 2 fully saturated rings.